The van der Waals surface area contributed by atoms with Gasteiger partial charge in [0.2, 0.25) is 0 Å². The number of hydrogen-bond donors (Lipinski definition) is 1. The van der Waals surface area contributed by atoms with Crippen molar-refractivity contribution in [2.75, 3.05) is 38.0 Å². The molecule has 1 heterocycles. The van der Waals surface area contributed by atoms with E-state index >= 15 is 0 Å². The van der Waals surface area contributed by atoms with Crippen LogP contribution < -0.4 is 5.32 Å². The summed E-state index contributed by atoms with van der Waals surface area (Å²) in [6.07, 6.45) is -4.74. The first kappa shape index (κ1) is 20.6. The number of rotatable bonds is 6. The maximum atomic E-state index is 13.6. The van der Waals surface area contributed by atoms with Crippen molar-refractivity contribution in [3.63, 3.8) is 0 Å². The fourth-order valence-electron chi connectivity index (χ4n) is 3.44. The first-order valence-corrected chi connectivity index (χ1v) is 9.49. The summed E-state index contributed by atoms with van der Waals surface area (Å²) in [5.41, 5.74) is 0.524. The van der Waals surface area contributed by atoms with Gasteiger partial charge in [0.05, 0.1) is 0 Å². The van der Waals surface area contributed by atoms with Crippen LogP contribution in [0.25, 0.3) is 0 Å². The molecule has 0 bridgehead atoms. The Kier molecular flexibility index (Phi) is 6.57. The van der Waals surface area contributed by atoms with Crippen LogP contribution in [0.5, 0.6) is 0 Å². The Bertz CT molecular complexity index is 766. The van der Waals surface area contributed by atoms with Crippen molar-refractivity contribution in [1.29, 1.82) is 0 Å². The van der Waals surface area contributed by atoms with Crippen LogP contribution in [0.4, 0.5) is 23.2 Å². The monoisotopic (exact) mass is 395 g/mol. The minimum atomic E-state index is -4.74. The zero-order valence-electron chi connectivity index (χ0n) is 15.9. The maximum Gasteiger partial charge on any atom is 0.421 e. The topological polar surface area (TPSA) is 18.5 Å². The summed E-state index contributed by atoms with van der Waals surface area (Å²) in [7, 11) is 0. The van der Waals surface area contributed by atoms with Crippen molar-refractivity contribution in [3.8, 4) is 0 Å². The quantitative estimate of drug-likeness (QED) is 0.722. The Labute approximate surface area is 162 Å². The Hall–Kier alpha value is -2.12. The van der Waals surface area contributed by atoms with Crippen LogP contribution >= 0.6 is 0 Å². The molecule has 0 radical (unpaired) electrons. The molecule has 1 aliphatic rings. The lowest BCUT2D eigenvalue weighted by molar-refractivity contribution is -0.139. The molecule has 0 unspecified atom stereocenters. The molecule has 2 aromatic carbocycles. The van der Waals surface area contributed by atoms with Crippen molar-refractivity contribution in [1.82, 2.24) is 9.80 Å². The van der Waals surface area contributed by atoms with E-state index in [-0.39, 0.29) is 12.2 Å². The second kappa shape index (κ2) is 8.92. The summed E-state index contributed by atoms with van der Waals surface area (Å²) in [4.78, 5) is 4.83. The first-order chi connectivity index (χ1) is 13.4. The van der Waals surface area contributed by atoms with Gasteiger partial charge in [0.1, 0.15) is 11.4 Å². The van der Waals surface area contributed by atoms with Crippen molar-refractivity contribution in [2.24, 2.45) is 0 Å². The summed E-state index contributed by atoms with van der Waals surface area (Å²) < 4.78 is 52.8. The number of anilines is 1. The highest BCUT2D eigenvalue weighted by atomic mass is 19.4. The summed E-state index contributed by atoms with van der Waals surface area (Å²) in [6.45, 7) is 8.55. The number of benzene rings is 2. The van der Waals surface area contributed by atoms with E-state index in [9.17, 15) is 17.6 Å². The van der Waals surface area contributed by atoms with Gasteiger partial charge in [0, 0.05) is 45.0 Å². The molecule has 1 fully saturated rings. The second-order valence-electron chi connectivity index (χ2n) is 7.04. The van der Waals surface area contributed by atoms with E-state index in [1.165, 1.54) is 17.7 Å². The van der Waals surface area contributed by atoms with E-state index in [1.54, 1.807) is 0 Å². The van der Waals surface area contributed by atoms with Crippen molar-refractivity contribution in [3.05, 3.63) is 65.0 Å². The molecule has 0 aromatic heterocycles. The Balaban J connectivity index is 1.58. The third-order valence-corrected chi connectivity index (χ3v) is 5.12. The molecule has 1 N–H and O–H groups in total. The minimum absolute atomic E-state index is 0.196. The Morgan fingerprint density at radius 1 is 0.893 bits per heavy atom. The van der Waals surface area contributed by atoms with Gasteiger partial charge in [-0.3, -0.25) is 4.90 Å². The fourth-order valence-corrected chi connectivity index (χ4v) is 3.44. The van der Waals surface area contributed by atoms with Gasteiger partial charge in [-0.2, -0.15) is 13.2 Å². The van der Waals surface area contributed by atoms with E-state index in [0.717, 1.165) is 50.9 Å². The van der Waals surface area contributed by atoms with Crippen LogP contribution in [0.15, 0.2) is 42.5 Å². The van der Waals surface area contributed by atoms with Gasteiger partial charge in [-0.25, -0.2) is 4.39 Å². The van der Waals surface area contributed by atoms with Gasteiger partial charge in [-0.05, 0) is 29.8 Å². The SMILES string of the molecule is CCN1CCN(Cc2ccc(CNc3cccc(F)c3C(F)(F)F)cc2)CC1. The fraction of sp³-hybridized carbons (Fsp3) is 0.429. The zero-order chi connectivity index (χ0) is 20.1. The summed E-state index contributed by atoms with van der Waals surface area (Å²) >= 11 is 0. The van der Waals surface area contributed by atoms with Gasteiger partial charge >= 0.3 is 6.18 Å². The van der Waals surface area contributed by atoms with E-state index in [2.05, 4.69) is 22.0 Å². The summed E-state index contributed by atoms with van der Waals surface area (Å²) in [6, 6.07) is 11.1. The van der Waals surface area contributed by atoms with Gasteiger partial charge in [-0.1, -0.05) is 37.3 Å². The Morgan fingerprint density at radius 2 is 1.50 bits per heavy atom. The van der Waals surface area contributed by atoms with E-state index < -0.39 is 17.6 Å². The summed E-state index contributed by atoms with van der Waals surface area (Å²) in [5, 5.41) is 2.71. The molecule has 3 rings (SSSR count). The van der Waals surface area contributed by atoms with E-state index in [0.29, 0.717) is 0 Å². The number of alkyl halides is 3. The minimum Gasteiger partial charge on any atom is -0.380 e. The molecule has 1 aliphatic heterocycles. The molecule has 0 amide bonds. The molecule has 3 nitrogen and oxygen atoms in total. The molecular formula is C21H25F4N3. The normalized spacial score (nSPS) is 16.3. The van der Waals surface area contributed by atoms with Crippen LogP contribution in [0.3, 0.4) is 0 Å². The van der Waals surface area contributed by atoms with E-state index in [1.807, 2.05) is 24.3 Å². The molecule has 152 valence electrons. The number of halogens is 4. The molecule has 0 atom stereocenters. The number of likely N-dealkylation sites (N-methyl/N-ethyl adjacent to an activating group) is 1. The maximum absolute atomic E-state index is 13.6. The third kappa shape index (κ3) is 5.23. The lowest BCUT2D eigenvalue weighted by Gasteiger charge is -2.34. The highest BCUT2D eigenvalue weighted by molar-refractivity contribution is 5.53. The van der Waals surface area contributed by atoms with Crippen molar-refractivity contribution < 1.29 is 17.6 Å². The average Bonchev–Trinajstić information content (AvgIpc) is 2.67. The van der Waals surface area contributed by atoms with Crippen LogP contribution in [0, 0.1) is 5.82 Å². The lowest BCUT2D eigenvalue weighted by atomic mass is 10.1. The molecular weight excluding hydrogens is 370 g/mol. The van der Waals surface area contributed by atoms with Gasteiger partial charge in [0.25, 0.3) is 0 Å². The number of piperazine rings is 1. The second-order valence-corrected chi connectivity index (χ2v) is 7.04. The Morgan fingerprint density at radius 3 is 2.11 bits per heavy atom. The first-order valence-electron chi connectivity index (χ1n) is 9.49. The molecule has 28 heavy (non-hydrogen) atoms. The number of hydrogen-bond acceptors (Lipinski definition) is 3. The molecule has 1 saturated heterocycles. The lowest BCUT2D eigenvalue weighted by Crippen LogP contribution is -2.45. The third-order valence-electron chi connectivity index (χ3n) is 5.12. The largest absolute Gasteiger partial charge is 0.421 e. The zero-order valence-corrected chi connectivity index (χ0v) is 15.9. The standard InChI is InChI=1S/C21H25F4N3/c1-2-27-10-12-28(13-11-27)15-17-8-6-16(7-9-17)14-26-19-5-3-4-18(22)20(19)21(23,24)25/h3-9,26H,2,10-15H2,1H3. The molecule has 0 aliphatic carbocycles. The highest BCUT2D eigenvalue weighted by Gasteiger charge is 2.36. The van der Waals surface area contributed by atoms with Crippen LogP contribution in [0.1, 0.15) is 23.6 Å². The molecule has 7 heteroatoms. The van der Waals surface area contributed by atoms with Crippen molar-refractivity contribution >= 4 is 5.69 Å². The van der Waals surface area contributed by atoms with Gasteiger partial charge < -0.3 is 10.2 Å². The van der Waals surface area contributed by atoms with Crippen LogP contribution in [-0.4, -0.2) is 42.5 Å². The average molecular weight is 395 g/mol. The predicted molar refractivity (Wildman–Crippen MR) is 103 cm³/mol. The van der Waals surface area contributed by atoms with Crippen molar-refractivity contribution in [2.45, 2.75) is 26.2 Å². The van der Waals surface area contributed by atoms with Gasteiger partial charge in [-0.15, -0.1) is 0 Å². The van der Waals surface area contributed by atoms with Gasteiger partial charge in [0.15, 0.2) is 0 Å². The molecule has 2 aromatic rings. The number of nitrogens with zero attached hydrogens (tertiary/aromatic N) is 2. The number of nitrogens with one attached hydrogen (secondary N) is 1. The predicted octanol–water partition coefficient (Wildman–Crippen LogP) is 4.59. The van der Waals surface area contributed by atoms with Crippen LogP contribution in [0.2, 0.25) is 0 Å². The summed E-state index contributed by atoms with van der Waals surface area (Å²) in [5.74, 6) is -1.27. The van der Waals surface area contributed by atoms with Crippen LogP contribution in [-0.2, 0) is 19.3 Å². The highest BCUT2D eigenvalue weighted by Crippen LogP contribution is 2.36. The smallest absolute Gasteiger partial charge is 0.380 e. The van der Waals surface area contributed by atoms with E-state index in [4.69, 9.17) is 0 Å². The molecule has 0 saturated carbocycles. The molecule has 0 spiro atoms.